The summed E-state index contributed by atoms with van der Waals surface area (Å²) in [6.45, 7) is -0.250. The van der Waals surface area contributed by atoms with Crippen molar-refractivity contribution in [3.05, 3.63) is 42.2 Å². The van der Waals surface area contributed by atoms with Crippen molar-refractivity contribution in [3.8, 4) is 5.75 Å². The van der Waals surface area contributed by atoms with Crippen LogP contribution in [0.5, 0.6) is 5.75 Å². The maximum absolute atomic E-state index is 8.36. The first-order valence-electron chi connectivity index (χ1n) is 4.91. The third kappa shape index (κ3) is 2.17. The van der Waals surface area contributed by atoms with Crippen LogP contribution in [0.15, 0.2) is 36.7 Å². The molecule has 0 spiro atoms. The molecule has 0 unspecified atom stereocenters. The lowest BCUT2D eigenvalue weighted by Gasteiger charge is -2.14. The topological polar surface area (TPSA) is 71.5 Å². The van der Waals surface area contributed by atoms with E-state index in [2.05, 4.69) is 10.5 Å². The molecule has 0 fully saturated rings. The van der Waals surface area contributed by atoms with E-state index in [1.54, 1.807) is 12.4 Å². The molecule has 0 atom stereocenters. The summed E-state index contributed by atoms with van der Waals surface area (Å²) in [4.78, 5) is 18.0. The van der Waals surface area contributed by atoms with Gasteiger partial charge < -0.3 is 9.94 Å². The van der Waals surface area contributed by atoms with Gasteiger partial charge in [0.1, 0.15) is 0 Å². The van der Waals surface area contributed by atoms with Gasteiger partial charge in [0, 0.05) is 23.3 Å². The summed E-state index contributed by atoms with van der Waals surface area (Å²) in [5.41, 5.74) is 4.75. The van der Waals surface area contributed by atoms with Gasteiger partial charge in [0.15, 0.2) is 5.75 Å². The average Bonchev–Trinajstić information content (AvgIpc) is 2.40. The number of fused-ring (bicyclic) bond motifs is 3. The minimum atomic E-state index is -0.250. The number of benzene rings is 1. The number of nitrogens with zero attached hydrogens (tertiary/aromatic N) is 1. The van der Waals surface area contributed by atoms with Crippen LogP contribution in [0.4, 0.5) is 0 Å². The Morgan fingerprint density at radius 3 is 3.00 bits per heavy atom. The van der Waals surface area contributed by atoms with Crippen LogP contribution >= 0.6 is 0 Å². The smallest absolute Gasteiger partial charge is 0.290 e. The number of rotatable bonds is 0. The number of pyridine rings is 1. The molecule has 0 saturated carbocycles. The van der Waals surface area contributed by atoms with Crippen molar-refractivity contribution in [3.63, 3.8) is 0 Å². The molecule has 0 amide bonds. The molecule has 2 heterocycles. The van der Waals surface area contributed by atoms with Gasteiger partial charge in [0.25, 0.3) is 6.47 Å². The van der Waals surface area contributed by atoms with Crippen molar-refractivity contribution in [2.45, 2.75) is 0 Å². The van der Waals surface area contributed by atoms with Gasteiger partial charge in [0.05, 0.1) is 5.52 Å². The van der Waals surface area contributed by atoms with Crippen molar-refractivity contribution in [2.75, 3.05) is 0 Å². The van der Waals surface area contributed by atoms with Crippen molar-refractivity contribution in [1.82, 2.24) is 10.5 Å². The lowest BCUT2D eigenvalue weighted by Crippen LogP contribution is -2.14. The number of nitrogens with one attached hydrogen (secondary N) is 1. The molecule has 5 heteroatoms. The fraction of sp³-hybridized carbons (Fsp3) is 0. The minimum absolute atomic E-state index is 0.250. The summed E-state index contributed by atoms with van der Waals surface area (Å²) < 4.78 is 0. The van der Waals surface area contributed by atoms with Gasteiger partial charge in [-0.1, -0.05) is 0 Å². The van der Waals surface area contributed by atoms with Gasteiger partial charge in [-0.15, -0.1) is 0 Å². The van der Waals surface area contributed by atoms with Gasteiger partial charge in [0.2, 0.25) is 0 Å². The van der Waals surface area contributed by atoms with Crippen LogP contribution in [0.1, 0.15) is 5.56 Å². The summed E-state index contributed by atoms with van der Waals surface area (Å²) in [6, 6.07) is 7.90. The summed E-state index contributed by atoms with van der Waals surface area (Å²) in [6.07, 6.45) is 5.52. The average molecular weight is 230 g/mol. The molecule has 1 aliphatic heterocycles. The Balaban J connectivity index is 0.000000329. The third-order valence-electron chi connectivity index (χ3n) is 2.26. The van der Waals surface area contributed by atoms with E-state index in [1.807, 2.05) is 30.3 Å². The normalized spacial score (nSPS) is 11.5. The number of hydrogen-bond donors (Lipinski definition) is 2. The lowest BCUT2D eigenvalue weighted by molar-refractivity contribution is -0.122. The molecule has 0 saturated heterocycles. The van der Waals surface area contributed by atoms with Crippen molar-refractivity contribution < 1.29 is 14.7 Å². The number of hydroxylamine groups is 1. The Hall–Kier alpha value is -2.56. The van der Waals surface area contributed by atoms with Gasteiger partial charge in [-0.2, -0.15) is 0 Å². The predicted molar refractivity (Wildman–Crippen MR) is 63.2 cm³/mol. The first kappa shape index (κ1) is 10.9. The quantitative estimate of drug-likeness (QED) is 0.675. The Morgan fingerprint density at radius 2 is 2.18 bits per heavy atom. The Labute approximate surface area is 97.3 Å². The highest BCUT2D eigenvalue weighted by Crippen LogP contribution is 2.30. The highest BCUT2D eigenvalue weighted by molar-refractivity contribution is 5.89. The van der Waals surface area contributed by atoms with Crippen LogP contribution < -0.4 is 10.3 Å². The maximum atomic E-state index is 8.36. The molecule has 0 bridgehead atoms. The molecular weight excluding hydrogens is 220 g/mol. The monoisotopic (exact) mass is 230 g/mol. The van der Waals surface area contributed by atoms with E-state index in [1.165, 1.54) is 0 Å². The SMILES string of the molecule is C1=Cc2ccc3ncccc3c2ON1.O=CO. The van der Waals surface area contributed by atoms with Crippen LogP contribution in [0.25, 0.3) is 17.0 Å². The van der Waals surface area contributed by atoms with Crippen molar-refractivity contribution >= 4 is 23.5 Å². The molecule has 2 aromatic rings. The van der Waals surface area contributed by atoms with Gasteiger partial charge in [-0.25, -0.2) is 5.48 Å². The second-order valence-electron chi connectivity index (χ2n) is 3.21. The predicted octanol–water partition coefficient (Wildman–Crippen LogP) is 1.80. The molecule has 0 aliphatic carbocycles. The first-order chi connectivity index (χ1) is 8.36. The summed E-state index contributed by atoms with van der Waals surface area (Å²) in [5, 5.41) is 7.92. The van der Waals surface area contributed by atoms with Crippen molar-refractivity contribution in [2.24, 2.45) is 0 Å². The van der Waals surface area contributed by atoms with Crippen LogP contribution in [-0.2, 0) is 4.79 Å². The summed E-state index contributed by atoms with van der Waals surface area (Å²) in [7, 11) is 0. The molecule has 0 radical (unpaired) electrons. The van der Waals surface area contributed by atoms with E-state index >= 15 is 0 Å². The van der Waals surface area contributed by atoms with E-state index in [0.717, 1.165) is 22.2 Å². The molecule has 86 valence electrons. The molecule has 1 aromatic carbocycles. The highest BCUT2D eigenvalue weighted by Gasteiger charge is 2.09. The fourth-order valence-corrected chi connectivity index (χ4v) is 1.60. The molecule has 3 rings (SSSR count). The molecule has 17 heavy (non-hydrogen) atoms. The first-order valence-corrected chi connectivity index (χ1v) is 4.91. The second-order valence-corrected chi connectivity index (χ2v) is 3.21. The third-order valence-corrected chi connectivity index (χ3v) is 2.26. The van der Waals surface area contributed by atoms with Gasteiger partial charge in [-0.3, -0.25) is 9.78 Å². The zero-order chi connectivity index (χ0) is 12.1. The van der Waals surface area contributed by atoms with Crippen LogP contribution in [0.2, 0.25) is 0 Å². The van der Waals surface area contributed by atoms with E-state index in [9.17, 15) is 0 Å². The van der Waals surface area contributed by atoms with Gasteiger partial charge in [-0.05, 0) is 30.3 Å². The van der Waals surface area contributed by atoms with E-state index in [-0.39, 0.29) is 6.47 Å². The second kappa shape index (κ2) is 4.98. The Morgan fingerprint density at radius 1 is 1.35 bits per heavy atom. The lowest BCUT2D eigenvalue weighted by atomic mass is 10.1. The number of hydrogen-bond acceptors (Lipinski definition) is 4. The maximum Gasteiger partial charge on any atom is 0.290 e. The number of aromatic nitrogens is 1. The van der Waals surface area contributed by atoms with Crippen LogP contribution in [-0.4, -0.2) is 16.6 Å². The summed E-state index contributed by atoms with van der Waals surface area (Å²) in [5.74, 6) is 0.845. The highest BCUT2D eigenvalue weighted by atomic mass is 16.6. The largest absolute Gasteiger partial charge is 0.483 e. The molecular formula is C12H10N2O3. The van der Waals surface area contributed by atoms with E-state index < -0.39 is 0 Å². The number of carboxylic acid groups (broad SMARTS) is 1. The Kier molecular flexibility index (Phi) is 3.20. The van der Waals surface area contributed by atoms with Crippen molar-refractivity contribution in [1.29, 1.82) is 0 Å². The zero-order valence-electron chi connectivity index (χ0n) is 8.83. The Bertz CT molecular complexity index is 567. The van der Waals surface area contributed by atoms with Crippen LogP contribution in [0, 0.1) is 0 Å². The number of carbonyl (C=O) groups is 1. The van der Waals surface area contributed by atoms with E-state index in [0.29, 0.717) is 0 Å². The fourth-order valence-electron chi connectivity index (χ4n) is 1.60. The van der Waals surface area contributed by atoms with E-state index in [4.69, 9.17) is 14.7 Å². The summed E-state index contributed by atoms with van der Waals surface area (Å²) >= 11 is 0. The van der Waals surface area contributed by atoms with Gasteiger partial charge >= 0.3 is 0 Å². The molecule has 5 nitrogen and oxygen atoms in total. The molecule has 1 aliphatic rings. The zero-order valence-corrected chi connectivity index (χ0v) is 8.83. The molecule has 2 N–H and O–H groups in total. The minimum Gasteiger partial charge on any atom is -0.483 e. The molecule has 1 aromatic heterocycles. The standard InChI is InChI=1S/C11H8N2O.CH2O2/c1-2-9-10(12-6-1)4-3-8-5-7-13-14-11(8)9;2-1-3/h1-7,13H;1H,(H,2,3). The van der Waals surface area contributed by atoms with Crippen LogP contribution in [0.3, 0.4) is 0 Å².